The monoisotopic (exact) mass is 405 g/mol. The summed E-state index contributed by atoms with van der Waals surface area (Å²) in [4.78, 5) is 28.2. The van der Waals surface area contributed by atoms with Crippen molar-refractivity contribution in [2.75, 3.05) is 32.7 Å². The van der Waals surface area contributed by atoms with Gasteiger partial charge >= 0.3 is 0 Å². The molecule has 2 saturated heterocycles. The van der Waals surface area contributed by atoms with Crippen LogP contribution in [0.4, 0.5) is 4.39 Å². The van der Waals surface area contributed by atoms with E-state index >= 15 is 0 Å². The quantitative estimate of drug-likeness (QED) is 0.829. The maximum atomic E-state index is 13.9. The number of ether oxygens (including phenoxy) is 1. The highest BCUT2D eigenvalue weighted by molar-refractivity contribution is 6.33. The van der Waals surface area contributed by atoms with Crippen LogP contribution in [0.25, 0.3) is 0 Å². The zero-order valence-corrected chi connectivity index (χ0v) is 15.8. The van der Waals surface area contributed by atoms with Crippen LogP contribution in [0.1, 0.15) is 23.2 Å². The third-order valence-electron chi connectivity index (χ3n) is 4.70. The molecule has 3 rings (SSSR count). The molecule has 2 aliphatic rings. The van der Waals surface area contributed by atoms with Crippen LogP contribution in [0.2, 0.25) is 5.02 Å². The zero-order valence-electron chi connectivity index (χ0n) is 14.2. The SMILES string of the molecule is Cl.NC[C@H]1CC[C@@H](C(=O)N2CCN(C(=O)c3c(F)cccc3Cl)CC2)O1. The number of piperazine rings is 1. The summed E-state index contributed by atoms with van der Waals surface area (Å²) in [5.41, 5.74) is 5.45. The van der Waals surface area contributed by atoms with Crippen molar-refractivity contribution in [3.05, 3.63) is 34.6 Å². The predicted octanol–water partition coefficient (Wildman–Crippen LogP) is 1.69. The molecule has 0 aliphatic carbocycles. The smallest absolute Gasteiger partial charge is 0.258 e. The number of rotatable bonds is 3. The Hall–Kier alpha value is -1.41. The van der Waals surface area contributed by atoms with Crippen molar-refractivity contribution in [3.63, 3.8) is 0 Å². The predicted molar refractivity (Wildman–Crippen MR) is 98.1 cm³/mol. The summed E-state index contributed by atoms with van der Waals surface area (Å²) in [5, 5.41) is 0.0932. The van der Waals surface area contributed by atoms with Crippen molar-refractivity contribution in [2.45, 2.75) is 25.0 Å². The van der Waals surface area contributed by atoms with Gasteiger partial charge in [0.1, 0.15) is 11.9 Å². The second-order valence-corrected chi connectivity index (χ2v) is 6.68. The van der Waals surface area contributed by atoms with Gasteiger partial charge in [0, 0.05) is 32.7 Å². The summed E-state index contributed by atoms with van der Waals surface area (Å²) in [6, 6.07) is 4.16. The first-order chi connectivity index (χ1) is 12.0. The fourth-order valence-electron chi connectivity index (χ4n) is 3.25. The van der Waals surface area contributed by atoms with Crippen LogP contribution in [0.3, 0.4) is 0 Å². The average Bonchev–Trinajstić information content (AvgIpc) is 3.10. The van der Waals surface area contributed by atoms with Gasteiger partial charge in [-0.3, -0.25) is 9.59 Å². The Morgan fingerprint density at radius 3 is 2.42 bits per heavy atom. The standard InChI is InChI=1S/C17H21ClFN3O3.ClH/c18-12-2-1-3-13(19)15(12)17(24)22-8-6-21(7-9-22)16(23)14-5-4-11(10-20)25-14;/h1-3,11,14H,4-10,20H2;1H/t11-,14+;/m1./s1. The number of nitrogens with two attached hydrogens (primary N) is 1. The minimum atomic E-state index is -0.636. The highest BCUT2D eigenvalue weighted by atomic mass is 35.5. The molecule has 2 fully saturated rings. The van der Waals surface area contributed by atoms with E-state index in [-0.39, 0.29) is 35.0 Å². The minimum Gasteiger partial charge on any atom is -0.364 e. The van der Waals surface area contributed by atoms with E-state index in [1.54, 1.807) is 4.90 Å². The average molecular weight is 406 g/mol. The van der Waals surface area contributed by atoms with Crippen molar-refractivity contribution >= 4 is 35.8 Å². The molecule has 2 amide bonds. The van der Waals surface area contributed by atoms with Gasteiger partial charge < -0.3 is 20.3 Å². The number of hydrogen-bond acceptors (Lipinski definition) is 4. The topological polar surface area (TPSA) is 75.9 Å². The van der Waals surface area contributed by atoms with Crippen LogP contribution in [0.15, 0.2) is 18.2 Å². The van der Waals surface area contributed by atoms with Crippen molar-refractivity contribution in [2.24, 2.45) is 5.73 Å². The number of nitrogens with zero attached hydrogens (tertiary/aromatic N) is 2. The highest BCUT2D eigenvalue weighted by Gasteiger charge is 2.35. The van der Waals surface area contributed by atoms with Crippen LogP contribution in [0, 0.1) is 5.82 Å². The van der Waals surface area contributed by atoms with Gasteiger partial charge in [-0.2, -0.15) is 0 Å². The minimum absolute atomic E-state index is 0. The van der Waals surface area contributed by atoms with Crippen LogP contribution in [0.5, 0.6) is 0 Å². The molecule has 0 radical (unpaired) electrons. The number of hydrogen-bond donors (Lipinski definition) is 1. The maximum absolute atomic E-state index is 13.9. The lowest BCUT2D eigenvalue weighted by Gasteiger charge is -2.36. The maximum Gasteiger partial charge on any atom is 0.258 e. The summed E-state index contributed by atoms with van der Waals surface area (Å²) in [5.74, 6) is -1.15. The molecule has 1 aromatic rings. The molecule has 0 spiro atoms. The van der Waals surface area contributed by atoms with Crippen LogP contribution in [-0.2, 0) is 9.53 Å². The zero-order chi connectivity index (χ0) is 18.0. The first kappa shape index (κ1) is 20.9. The molecule has 0 bridgehead atoms. The van der Waals surface area contributed by atoms with Gasteiger partial charge in [-0.15, -0.1) is 12.4 Å². The Morgan fingerprint density at radius 2 is 1.85 bits per heavy atom. The Labute approximate surface area is 162 Å². The van der Waals surface area contributed by atoms with Gasteiger partial charge in [0.05, 0.1) is 16.7 Å². The molecule has 2 aliphatic heterocycles. The molecular weight excluding hydrogens is 384 g/mol. The Bertz CT molecular complexity index is 648. The fourth-order valence-corrected chi connectivity index (χ4v) is 3.50. The molecule has 2 atom stereocenters. The van der Waals surface area contributed by atoms with E-state index in [2.05, 4.69) is 0 Å². The normalized spacial score (nSPS) is 22.9. The van der Waals surface area contributed by atoms with E-state index < -0.39 is 17.8 Å². The van der Waals surface area contributed by atoms with E-state index in [0.717, 1.165) is 6.42 Å². The molecule has 0 aromatic heterocycles. The van der Waals surface area contributed by atoms with Crippen molar-refractivity contribution in [1.29, 1.82) is 0 Å². The number of benzene rings is 1. The third-order valence-corrected chi connectivity index (χ3v) is 5.02. The molecule has 1 aromatic carbocycles. The summed E-state index contributed by atoms with van der Waals surface area (Å²) in [6.45, 7) is 1.87. The van der Waals surface area contributed by atoms with E-state index in [1.807, 2.05) is 0 Å². The molecular formula is C17H22Cl2FN3O3. The van der Waals surface area contributed by atoms with Crippen LogP contribution >= 0.6 is 24.0 Å². The third kappa shape index (κ3) is 4.28. The van der Waals surface area contributed by atoms with Gasteiger partial charge in [-0.25, -0.2) is 4.39 Å². The van der Waals surface area contributed by atoms with E-state index in [9.17, 15) is 14.0 Å². The number of carbonyl (C=O) groups excluding carboxylic acids is 2. The summed E-state index contributed by atoms with van der Waals surface area (Å²) < 4.78 is 19.5. The van der Waals surface area contributed by atoms with Crippen molar-refractivity contribution in [1.82, 2.24) is 9.80 Å². The van der Waals surface area contributed by atoms with Gasteiger partial charge in [0.25, 0.3) is 11.8 Å². The number of carbonyl (C=O) groups is 2. The summed E-state index contributed by atoms with van der Waals surface area (Å²) >= 11 is 5.96. The highest BCUT2D eigenvalue weighted by Crippen LogP contribution is 2.23. The molecule has 0 saturated carbocycles. The lowest BCUT2D eigenvalue weighted by molar-refractivity contribution is -0.144. The molecule has 0 unspecified atom stereocenters. The van der Waals surface area contributed by atoms with E-state index in [0.29, 0.717) is 39.1 Å². The lowest BCUT2D eigenvalue weighted by atomic mass is 10.1. The fraction of sp³-hybridized carbons (Fsp3) is 0.529. The Balaban J connectivity index is 0.00000243. The second-order valence-electron chi connectivity index (χ2n) is 6.27. The number of halogens is 3. The molecule has 9 heteroatoms. The molecule has 6 nitrogen and oxygen atoms in total. The van der Waals surface area contributed by atoms with Gasteiger partial charge in [0.15, 0.2) is 0 Å². The van der Waals surface area contributed by atoms with E-state index in [1.165, 1.54) is 23.1 Å². The molecule has 144 valence electrons. The molecule has 26 heavy (non-hydrogen) atoms. The van der Waals surface area contributed by atoms with Crippen molar-refractivity contribution < 1.29 is 18.7 Å². The molecule has 2 heterocycles. The van der Waals surface area contributed by atoms with Gasteiger partial charge in [0.2, 0.25) is 0 Å². The molecule has 2 N–H and O–H groups in total. The van der Waals surface area contributed by atoms with Crippen LogP contribution in [-0.4, -0.2) is 66.5 Å². The van der Waals surface area contributed by atoms with E-state index in [4.69, 9.17) is 22.1 Å². The lowest BCUT2D eigenvalue weighted by Crippen LogP contribution is -2.53. The largest absolute Gasteiger partial charge is 0.364 e. The number of amides is 2. The van der Waals surface area contributed by atoms with Gasteiger partial charge in [-0.05, 0) is 25.0 Å². The Kier molecular flexibility index (Phi) is 7.23. The van der Waals surface area contributed by atoms with Crippen molar-refractivity contribution in [3.8, 4) is 0 Å². The Morgan fingerprint density at radius 1 is 1.19 bits per heavy atom. The van der Waals surface area contributed by atoms with Gasteiger partial charge in [-0.1, -0.05) is 17.7 Å². The second kappa shape index (κ2) is 8.99. The first-order valence-corrected chi connectivity index (χ1v) is 8.76. The first-order valence-electron chi connectivity index (χ1n) is 8.39. The summed E-state index contributed by atoms with van der Waals surface area (Å²) in [6.07, 6.45) is 0.957. The van der Waals surface area contributed by atoms with Crippen LogP contribution < -0.4 is 5.73 Å². The summed E-state index contributed by atoms with van der Waals surface area (Å²) in [7, 11) is 0.